The molecule has 1 N–H and O–H groups in total. The van der Waals surface area contributed by atoms with Gasteiger partial charge in [-0.15, -0.1) is 0 Å². The monoisotopic (exact) mass is 237 g/mol. The third kappa shape index (κ3) is 2.69. The lowest BCUT2D eigenvalue weighted by molar-refractivity contribution is -0.204. The summed E-state index contributed by atoms with van der Waals surface area (Å²) < 4.78 is 35.7. The van der Waals surface area contributed by atoms with Gasteiger partial charge in [-0.2, -0.15) is 18.7 Å². The zero-order chi connectivity index (χ0) is 11.6. The fourth-order valence-corrected chi connectivity index (χ4v) is 2.96. The highest BCUT2D eigenvalue weighted by molar-refractivity contribution is 5.00. The number of halogens is 3. The van der Waals surface area contributed by atoms with E-state index in [-0.39, 0.29) is 11.5 Å². The lowest BCUT2D eigenvalue weighted by Crippen LogP contribution is -2.54. The topological polar surface area (TPSA) is 21.3 Å². The molecule has 2 aliphatic rings. The van der Waals surface area contributed by atoms with Gasteiger partial charge in [-0.05, 0) is 31.1 Å². The zero-order valence-corrected chi connectivity index (χ0v) is 9.28. The first-order valence-corrected chi connectivity index (χ1v) is 5.96. The van der Waals surface area contributed by atoms with Crippen LogP contribution in [-0.4, -0.2) is 18.8 Å². The van der Waals surface area contributed by atoms with E-state index < -0.39 is 12.8 Å². The van der Waals surface area contributed by atoms with Crippen LogP contribution in [0.4, 0.5) is 13.2 Å². The number of hydroxylamine groups is 1. The van der Waals surface area contributed by atoms with Crippen LogP contribution < -0.4 is 5.48 Å². The molecule has 0 radical (unpaired) electrons. The average molecular weight is 237 g/mol. The van der Waals surface area contributed by atoms with E-state index in [1.165, 1.54) is 19.3 Å². The Morgan fingerprint density at radius 3 is 2.31 bits per heavy atom. The minimum atomic E-state index is -4.24. The van der Waals surface area contributed by atoms with Gasteiger partial charge in [-0.25, -0.2) is 0 Å². The van der Waals surface area contributed by atoms with Crippen molar-refractivity contribution in [1.29, 1.82) is 0 Å². The molecule has 0 aromatic rings. The van der Waals surface area contributed by atoms with Crippen molar-refractivity contribution >= 4 is 0 Å². The molecule has 2 aliphatic carbocycles. The Bertz CT molecular complexity index is 236. The molecule has 0 saturated heterocycles. The molecule has 2 nitrogen and oxygen atoms in total. The Kier molecular flexibility index (Phi) is 3.45. The van der Waals surface area contributed by atoms with Crippen molar-refractivity contribution in [2.75, 3.05) is 6.61 Å². The zero-order valence-electron chi connectivity index (χ0n) is 9.28. The van der Waals surface area contributed by atoms with Crippen LogP contribution in [0.3, 0.4) is 0 Å². The molecule has 5 heteroatoms. The van der Waals surface area contributed by atoms with Crippen LogP contribution in [0.1, 0.15) is 44.9 Å². The summed E-state index contributed by atoms with van der Waals surface area (Å²) in [5, 5.41) is 0. The fraction of sp³-hybridized carbons (Fsp3) is 1.00. The SMILES string of the molecule is FC(F)(F)CONC1CCC12CCCCC2. The van der Waals surface area contributed by atoms with Gasteiger partial charge >= 0.3 is 6.18 Å². The molecule has 0 aromatic heterocycles. The number of rotatable bonds is 3. The van der Waals surface area contributed by atoms with E-state index in [0.717, 1.165) is 25.7 Å². The summed E-state index contributed by atoms with van der Waals surface area (Å²) in [4.78, 5) is 4.55. The van der Waals surface area contributed by atoms with Crippen LogP contribution in [-0.2, 0) is 4.84 Å². The summed E-state index contributed by atoms with van der Waals surface area (Å²) in [5.74, 6) is 0. The van der Waals surface area contributed by atoms with Crippen molar-refractivity contribution in [2.45, 2.75) is 57.2 Å². The highest BCUT2D eigenvalue weighted by Crippen LogP contribution is 2.51. The van der Waals surface area contributed by atoms with Crippen LogP contribution in [0, 0.1) is 5.41 Å². The molecule has 16 heavy (non-hydrogen) atoms. The van der Waals surface area contributed by atoms with Gasteiger partial charge in [0.2, 0.25) is 0 Å². The van der Waals surface area contributed by atoms with Crippen molar-refractivity contribution in [3.63, 3.8) is 0 Å². The van der Waals surface area contributed by atoms with Gasteiger partial charge in [0.25, 0.3) is 0 Å². The number of alkyl halides is 3. The summed E-state index contributed by atoms with van der Waals surface area (Å²) in [7, 11) is 0. The smallest absolute Gasteiger partial charge is 0.292 e. The molecular weight excluding hydrogens is 219 g/mol. The third-order valence-electron chi connectivity index (χ3n) is 3.98. The van der Waals surface area contributed by atoms with Crippen LogP contribution >= 0.6 is 0 Å². The molecule has 0 aromatic carbocycles. The number of nitrogens with one attached hydrogen (secondary N) is 1. The van der Waals surface area contributed by atoms with E-state index >= 15 is 0 Å². The van der Waals surface area contributed by atoms with Crippen LogP contribution in [0.2, 0.25) is 0 Å². The van der Waals surface area contributed by atoms with E-state index in [4.69, 9.17) is 0 Å². The summed E-state index contributed by atoms with van der Waals surface area (Å²) in [5.41, 5.74) is 2.86. The van der Waals surface area contributed by atoms with Crippen molar-refractivity contribution in [1.82, 2.24) is 5.48 Å². The number of hydrogen-bond acceptors (Lipinski definition) is 2. The largest absolute Gasteiger partial charge is 0.413 e. The highest BCUT2D eigenvalue weighted by atomic mass is 19.4. The summed E-state index contributed by atoms with van der Waals surface area (Å²) >= 11 is 0. The Morgan fingerprint density at radius 1 is 1.12 bits per heavy atom. The quantitative estimate of drug-likeness (QED) is 0.761. The molecule has 0 bridgehead atoms. The van der Waals surface area contributed by atoms with E-state index in [9.17, 15) is 13.2 Å². The molecule has 2 fully saturated rings. The molecule has 2 rings (SSSR count). The Labute approximate surface area is 93.5 Å². The van der Waals surface area contributed by atoms with Crippen LogP contribution in [0.5, 0.6) is 0 Å². The van der Waals surface area contributed by atoms with Gasteiger partial charge in [-0.3, -0.25) is 4.84 Å². The fourth-order valence-electron chi connectivity index (χ4n) is 2.96. The van der Waals surface area contributed by atoms with Crippen molar-refractivity contribution in [3.05, 3.63) is 0 Å². The maximum atomic E-state index is 11.9. The molecule has 1 atom stereocenters. The first kappa shape index (κ1) is 12.2. The first-order chi connectivity index (χ1) is 7.52. The Morgan fingerprint density at radius 2 is 1.81 bits per heavy atom. The number of hydrogen-bond donors (Lipinski definition) is 1. The molecule has 0 heterocycles. The van der Waals surface area contributed by atoms with Gasteiger partial charge in [0.15, 0.2) is 6.61 Å². The van der Waals surface area contributed by atoms with E-state index in [1.807, 2.05) is 0 Å². The van der Waals surface area contributed by atoms with Gasteiger partial charge in [0.05, 0.1) is 0 Å². The second-order valence-corrected chi connectivity index (χ2v) is 5.04. The third-order valence-corrected chi connectivity index (χ3v) is 3.98. The molecular formula is C11H18F3NO. The van der Waals surface area contributed by atoms with E-state index in [2.05, 4.69) is 10.3 Å². The lowest BCUT2D eigenvalue weighted by atomic mass is 9.57. The summed E-state index contributed by atoms with van der Waals surface area (Å²) in [6.07, 6.45) is 3.79. The van der Waals surface area contributed by atoms with Crippen molar-refractivity contribution in [3.8, 4) is 0 Å². The molecule has 1 unspecified atom stereocenters. The second-order valence-electron chi connectivity index (χ2n) is 5.04. The van der Waals surface area contributed by atoms with Crippen LogP contribution in [0.15, 0.2) is 0 Å². The Balaban J connectivity index is 1.74. The highest BCUT2D eigenvalue weighted by Gasteiger charge is 2.47. The minimum Gasteiger partial charge on any atom is -0.292 e. The maximum Gasteiger partial charge on any atom is 0.413 e. The average Bonchev–Trinajstić information content (AvgIpc) is 2.23. The van der Waals surface area contributed by atoms with Gasteiger partial charge < -0.3 is 0 Å². The van der Waals surface area contributed by atoms with Crippen molar-refractivity contribution < 1.29 is 18.0 Å². The van der Waals surface area contributed by atoms with Gasteiger partial charge in [0, 0.05) is 6.04 Å². The summed E-state index contributed by atoms with van der Waals surface area (Å²) in [6, 6.07) is 0.134. The molecule has 0 aliphatic heterocycles. The predicted octanol–water partition coefficient (Wildman–Crippen LogP) is 3.18. The van der Waals surface area contributed by atoms with E-state index in [1.54, 1.807) is 0 Å². The first-order valence-electron chi connectivity index (χ1n) is 5.96. The molecule has 94 valence electrons. The lowest BCUT2D eigenvalue weighted by Gasteiger charge is -2.52. The van der Waals surface area contributed by atoms with E-state index in [0.29, 0.717) is 0 Å². The Hall–Kier alpha value is -0.290. The van der Waals surface area contributed by atoms with Crippen molar-refractivity contribution in [2.24, 2.45) is 5.41 Å². The second kappa shape index (κ2) is 4.53. The van der Waals surface area contributed by atoms with Crippen LogP contribution in [0.25, 0.3) is 0 Å². The standard InChI is InChI=1S/C11H18F3NO/c12-11(13,14)8-16-15-9-4-7-10(9)5-2-1-3-6-10/h9,15H,1-8H2. The van der Waals surface area contributed by atoms with Gasteiger partial charge in [-0.1, -0.05) is 19.3 Å². The molecule has 1 spiro atoms. The predicted molar refractivity (Wildman–Crippen MR) is 53.7 cm³/mol. The minimum absolute atomic E-state index is 0.134. The summed E-state index contributed by atoms with van der Waals surface area (Å²) in [6.45, 7) is -1.19. The maximum absolute atomic E-state index is 11.9. The molecule has 2 saturated carbocycles. The molecule has 0 amide bonds. The normalized spacial score (nSPS) is 29.1. The van der Waals surface area contributed by atoms with Gasteiger partial charge in [0.1, 0.15) is 0 Å².